The smallest absolute Gasteiger partial charge is 0.232 e. The number of sulfonamides is 1. The number of nitrogens with one attached hydrogen (secondary N) is 1. The zero-order valence-corrected chi connectivity index (χ0v) is 15.3. The lowest BCUT2D eigenvalue weighted by atomic mass is 10.1. The lowest BCUT2D eigenvalue weighted by Crippen LogP contribution is -2.14. The Hall–Kier alpha value is -3.33. The first kappa shape index (κ1) is 17.1. The Morgan fingerprint density at radius 1 is 0.963 bits per heavy atom. The van der Waals surface area contributed by atoms with Gasteiger partial charge in [0.1, 0.15) is 5.69 Å². The van der Waals surface area contributed by atoms with E-state index in [2.05, 4.69) is 25.0 Å². The Morgan fingerprint density at radius 2 is 1.78 bits per heavy atom. The summed E-state index contributed by atoms with van der Waals surface area (Å²) in [6, 6.07) is 16.3. The molecule has 0 fully saturated rings. The average molecular weight is 380 g/mol. The fraction of sp³-hybridized carbons (Fsp3) is 0.111. The van der Waals surface area contributed by atoms with Gasteiger partial charge in [-0.15, -0.1) is 10.2 Å². The largest absolute Gasteiger partial charge is 0.284 e. The van der Waals surface area contributed by atoms with Crippen molar-refractivity contribution in [3.05, 3.63) is 60.8 Å². The normalized spacial score (nSPS) is 11.6. The van der Waals surface area contributed by atoms with Gasteiger partial charge >= 0.3 is 0 Å². The second-order valence-corrected chi connectivity index (χ2v) is 7.82. The molecule has 0 saturated carbocycles. The first-order valence-corrected chi connectivity index (χ1v) is 9.96. The average Bonchev–Trinajstić information content (AvgIpc) is 3.12. The summed E-state index contributed by atoms with van der Waals surface area (Å²) in [6.45, 7) is 1.59. The van der Waals surface area contributed by atoms with Gasteiger partial charge in [0.15, 0.2) is 5.65 Å². The molecule has 0 amide bonds. The first-order valence-electron chi connectivity index (χ1n) is 8.30. The maximum Gasteiger partial charge on any atom is 0.232 e. The fourth-order valence-electron chi connectivity index (χ4n) is 2.56. The van der Waals surface area contributed by atoms with Crippen LogP contribution in [0.25, 0.3) is 28.4 Å². The number of benzene rings is 1. The van der Waals surface area contributed by atoms with E-state index in [0.717, 1.165) is 5.56 Å². The highest BCUT2D eigenvalue weighted by Crippen LogP contribution is 2.22. The van der Waals surface area contributed by atoms with Crippen molar-refractivity contribution in [3.8, 4) is 22.8 Å². The van der Waals surface area contributed by atoms with Crippen molar-refractivity contribution < 1.29 is 8.42 Å². The van der Waals surface area contributed by atoms with Crippen molar-refractivity contribution in [1.82, 2.24) is 24.8 Å². The summed E-state index contributed by atoms with van der Waals surface area (Å²) in [5.41, 5.74) is 3.37. The van der Waals surface area contributed by atoms with Gasteiger partial charge in [0.05, 0.1) is 11.4 Å². The van der Waals surface area contributed by atoms with E-state index in [1.165, 1.54) is 0 Å². The minimum atomic E-state index is -3.30. The molecule has 9 heteroatoms. The second kappa shape index (κ2) is 6.76. The summed E-state index contributed by atoms with van der Waals surface area (Å²) in [5.74, 6) is 0.580. The van der Waals surface area contributed by atoms with Crippen LogP contribution in [0.2, 0.25) is 0 Å². The van der Waals surface area contributed by atoms with E-state index in [-0.39, 0.29) is 5.75 Å². The molecule has 0 atom stereocenters. The fourth-order valence-corrected chi connectivity index (χ4v) is 3.20. The topological polar surface area (TPSA) is 102 Å². The van der Waals surface area contributed by atoms with Crippen LogP contribution in [0, 0.1) is 0 Å². The molecule has 4 aromatic rings. The second-order valence-electron chi connectivity index (χ2n) is 5.81. The Balaban J connectivity index is 1.70. The highest BCUT2D eigenvalue weighted by atomic mass is 32.2. The Labute approximate surface area is 156 Å². The lowest BCUT2D eigenvalue weighted by Gasteiger charge is -2.07. The van der Waals surface area contributed by atoms with Gasteiger partial charge in [0.2, 0.25) is 15.8 Å². The summed E-state index contributed by atoms with van der Waals surface area (Å²) >= 11 is 0. The van der Waals surface area contributed by atoms with Crippen LogP contribution in [-0.2, 0) is 10.0 Å². The van der Waals surface area contributed by atoms with Gasteiger partial charge in [-0.1, -0.05) is 18.2 Å². The molecule has 0 unspecified atom stereocenters. The lowest BCUT2D eigenvalue weighted by molar-refractivity contribution is 0.602. The molecule has 1 aromatic carbocycles. The summed E-state index contributed by atoms with van der Waals surface area (Å²) in [6.07, 6.45) is 1.69. The minimum Gasteiger partial charge on any atom is -0.284 e. The molecule has 27 heavy (non-hydrogen) atoms. The number of rotatable bonds is 5. The van der Waals surface area contributed by atoms with Crippen LogP contribution >= 0.6 is 0 Å². The van der Waals surface area contributed by atoms with Crippen LogP contribution in [0.15, 0.2) is 60.8 Å². The van der Waals surface area contributed by atoms with Crippen LogP contribution in [0.3, 0.4) is 0 Å². The van der Waals surface area contributed by atoms with Gasteiger partial charge in [-0.05, 0) is 43.3 Å². The van der Waals surface area contributed by atoms with Crippen LogP contribution in [0.4, 0.5) is 5.69 Å². The number of hydrogen-bond donors (Lipinski definition) is 1. The van der Waals surface area contributed by atoms with Gasteiger partial charge in [-0.3, -0.25) is 9.71 Å². The third-order valence-electron chi connectivity index (χ3n) is 3.99. The van der Waals surface area contributed by atoms with Crippen molar-refractivity contribution >= 4 is 21.4 Å². The number of nitrogens with zero attached hydrogens (tertiary/aromatic N) is 5. The molecule has 3 aromatic heterocycles. The summed E-state index contributed by atoms with van der Waals surface area (Å²) in [7, 11) is -3.30. The summed E-state index contributed by atoms with van der Waals surface area (Å²) in [4.78, 5) is 4.30. The third kappa shape index (κ3) is 3.49. The van der Waals surface area contributed by atoms with Crippen LogP contribution in [0.5, 0.6) is 0 Å². The Kier molecular flexibility index (Phi) is 4.28. The Morgan fingerprint density at radius 3 is 2.48 bits per heavy atom. The molecular weight excluding hydrogens is 364 g/mol. The van der Waals surface area contributed by atoms with Gasteiger partial charge in [0.25, 0.3) is 0 Å². The van der Waals surface area contributed by atoms with Crippen molar-refractivity contribution in [2.24, 2.45) is 0 Å². The van der Waals surface area contributed by atoms with E-state index < -0.39 is 10.0 Å². The summed E-state index contributed by atoms with van der Waals surface area (Å²) < 4.78 is 27.5. The monoisotopic (exact) mass is 380 g/mol. The van der Waals surface area contributed by atoms with Crippen LogP contribution in [0.1, 0.15) is 6.92 Å². The van der Waals surface area contributed by atoms with Gasteiger partial charge < -0.3 is 0 Å². The van der Waals surface area contributed by atoms with Crippen molar-refractivity contribution in [1.29, 1.82) is 0 Å². The number of fused-ring (bicyclic) bond motifs is 1. The van der Waals surface area contributed by atoms with Crippen molar-refractivity contribution in [2.75, 3.05) is 10.5 Å². The zero-order chi connectivity index (χ0) is 18.9. The maximum absolute atomic E-state index is 11.7. The standard InChI is InChI=1S/C18H16N6O2S/c1-2-27(25,26)23-14-8-6-13(7-9-14)15-10-11-17-20-21-18(24(17)22-15)16-5-3-4-12-19-16/h3-12,23H,2H2,1H3. The molecular formula is C18H16N6O2S. The predicted octanol–water partition coefficient (Wildman–Crippen LogP) is 2.61. The molecule has 0 bridgehead atoms. The maximum atomic E-state index is 11.7. The highest BCUT2D eigenvalue weighted by Gasteiger charge is 2.12. The molecule has 0 saturated heterocycles. The van der Waals surface area contributed by atoms with E-state index in [1.54, 1.807) is 29.8 Å². The van der Waals surface area contributed by atoms with E-state index >= 15 is 0 Å². The first-order chi connectivity index (χ1) is 13.1. The molecule has 1 N–H and O–H groups in total. The number of hydrogen-bond acceptors (Lipinski definition) is 6. The van der Waals surface area contributed by atoms with E-state index in [9.17, 15) is 8.42 Å². The van der Waals surface area contributed by atoms with E-state index in [4.69, 9.17) is 0 Å². The van der Waals surface area contributed by atoms with E-state index in [1.807, 2.05) is 42.5 Å². The van der Waals surface area contributed by atoms with Crippen LogP contribution in [-0.4, -0.2) is 39.0 Å². The minimum absolute atomic E-state index is 0.0247. The quantitative estimate of drug-likeness (QED) is 0.571. The molecule has 0 aliphatic heterocycles. The number of aromatic nitrogens is 5. The van der Waals surface area contributed by atoms with E-state index in [0.29, 0.717) is 28.5 Å². The van der Waals surface area contributed by atoms with Crippen molar-refractivity contribution in [2.45, 2.75) is 6.92 Å². The molecule has 136 valence electrons. The molecule has 3 heterocycles. The number of pyridine rings is 1. The van der Waals surface area contributed by atoms with Crippen LogP contribution < -0.4 is 4.72 Å². The van der Waals surface area contributed by atoms with Crippen molar-refractivity contribution in [3.63, 3.8) is 0 Å². The summed E-state index contributed by atoms with van der Waals surface area (Å²) in [5, 5.41) is 12.9. The van der Waals surface area contributed by atoms with Gasteiger partial charge in [-0.2, -0.15) is 9.61 Å². The third-order valence-corrected chi connectivity index (χ3v) is 5.30. The zero-order valence-electron chi connectivity index (χ0n) is 14.4. The van der Waals surface area contributed by atoms with Gasteiger partial charge in [-0.25, -0.2) is 8.42 Å². The molecule has 4 rings (SSSR count). The highest BCUT2D eigenvalue weighted by molar-refractivity contribution is 7.92. The predicted molar refractivity (Wildman–Crippen MR) is 103 cm³/mol. The molecule has 0 radical (unpaired) electrons. The SMILES string of the molecule is CCS(=O)(=O)Nc1ccc(-c2ccc3nnc(-c4ccccn4)n3n2)cc1. The molecule has 0 spiro atoms. The number of anilines is 1. The molecule has 0 aliphatic carbocycles. The van der Waals surface area contributed by atoms with Gasteiger partial charge in [0, 0.05) is 17.4 Å². The molecule has 8 nitrogen and oxygen atoms in total. The molecule has 0 aliphatic rings. The Bertz CT molecular complexity index is 1190.